The van der Waals surface area contributed by atoms with Crippen molar-refractivity contribution in [3.05, 3.63) is 84.7 Å². The highest BCUT2D eigenvalue weighted by Crippen LogP contribution is 2.34. The van der Waals surface area contributed by atoms with Crippen molar-refractivity contribution in [2.75, 3.05) is 11.9 Å². The van der Waals surface area contributed by atoms with Crippen LogP contribution in [0.2, 0.25) is 0 Å². The molecule has 0 fully saturated rings. The first kappa shape index (κ1) is 15.5. The highest BCUT2D eigenvalue weighted by atomic mass is 14.9. The molecule has 0 radical (unpaired) electrons. The number of aromatic amines is 1. The molecule has 3 heteroatoms. The summed E-state index contributed by atoms with van der Waals surface area (Å²) in [5.41, 5.74) is 8.48. The topological polar surface area (TPSA) is 40.7 Å². The molecule has 3 heterocycles. The molecule has 0 saturated heterocycles. The summed E-state index contributed by atoms with van der Waals surface area (Å²) in [5, 5.41) is 7.08. The Labute approximate surface area is 163 Å². The maximum Gasteiger partial charge on any atom is 0.0780 e. The number of nitrogens with one attached hydrogen (secondary N) is 2. The van der Waals surface area contributed by atoms with Gasteiger partial charge in [-0.05, 0) is 76.3 Å². The summed E-state index contributed by atoms with van der Waals surface area (Å²) in [7, 11) is 0. The smallest absolute Gasteiger partial charge is 0.0780 e. The molecule has 28 heavy (non-hydrogen) atoms. The third kappa shape index (κ3) is 2.40. The van der Waals surface area contributed by atoms with Gasteiger partial charge in [-0.25, -0.2) is 0 Å². The first-order chi connectivity index (χ1) is 13.8. The molecule has 3 nitrogen and oxygen atoms in total. The molecule has 0 atom stereocenters. The van der Waals surface area contributed by atoms with Crippen LogP contribution in [0.5, 0.6) is 0 Å². The van der Waals surface area contributed by atoms with Gasteiger partial charge in [0, 0.05) is 41.1 Å². The Kier molecular flexibility index (Phi) is 3.29. The molecule has 2 aromatic heterocycles. The number of hydrogen-bond donors (Lipinski definition) is 2. The van der Waals surface area contributed by atoms with Gasteiger partial charge in [0.1, 0.15) is 0 Å². The molecule has 3 aromatic carbocycles. The zero-order valence-corrected chi connectivity index (χ0v) is 15.4. The molecular weight excluding hydrogens is 342 g/mol. The second-order valence-corrected chi connectivity index (χ2v) is 7.42. The zero-order valence-electron chi connectivity index (χ0n) is 15.4. The van der Waals surface area contributed by atoms with E-state index in [0.717, 1.165) is 18.7 Å². The molecule has 0 spiro atoms. The van der Waals surface area contributed by atoms with Crippen LogP contribution in [0.1, 0.15) is 5.56 Å². The lowest BCUT2D eigenvalue weighted by molar-refractivity contribution is 1.11. The van der Waals surface area contributed by atoms with E-state index in [-0.39, 0.29) is 0 Å². The van der Waals surface area contributed by atoms with E-state index in [1.807, 2.05) is 12.4 Å². The van der Waals surface area contributed by atoms with Crippen LogP contribution in [-0.4, -0.2) is 16.5 Å². The van der Waals surface area contributed by atoms with Crippen molar-refractivity contribution in [3.8, 4) is 22.4 Å². The number of nitrogens with zero attached hydrogens (tertiary/aromatic N) is 1. The minimum absolute atomic E-state index is 1.02. The Hall–Kier alpha value is -3.59. The molecular formula is C25H19N3. The zero-order chi connectivity index (χ0) is 18.5. The first-order valence-electron chi connectivity index (χ1n) is 9.69. The number of hydrogen-bond acceptors (Lipinski definition) is 2. The first-order valence-corrected chi connectivity index (χ1v) is 9.69. The summed E-state index contributed by atoms with van der Waals surface area (Å²) < 4.78 is 0. The number of anilines is 1. The van der Waals surface area contributed by atoms with Crippen molar-refractivity contribution >= 4 is 27.4 Å². The molecule has 5 aromatic rings. The lowest BCUT2D eigenvalue weighted by Crippen LogP contribution is -1.90. The van der Waals surface area contributed by atoms with Crippen LogP contribution in [0, 0.1) is 0 Å². The van der Waals surface area contributed by atoms with Crippen molar-refractivity contribution in [1.82, 2.24) is 9.97 Å². The van der Waals surface area contributed by atoms with Gasteiger partial charge in [0.25, 0.3) is 0 Å². The normalized spacial score (nSPS) is 13.0. The Balaban J connectivity index is 1.53. The Morgan fingerprint density at radius 1 is 0.750 bits per heavy atom. The summed E-state index contributed by atoms with van der Waals surface area (Å²) in [6, 6.07) is 24.1. The van der Waals surface area contributed by atoms with Crippen LogP contribution in [0.4, 0.5) is 5.69 Å². The quantitative estimate of drug-likeness (QED) is 0.404. The molecule has 2 N–H and O–H groups in total. The van der Waals surface area contributed by atoms with Gasteiger partial charge in [0.2, 0.25) is 0 Å². The van der Waals surface area contributed by atoms with Gasteiger partial charge in [-0.1, -0.05) is 24.3 Å². The van der Waals surface area contributed by atoms with Crippen LogP contribution in [0.3, 0.4) is 0 Å². The van der Waals surface area contributed by atoms with E-state index < -0.39 is 0 Å². The van der Waals surface area contributed by atoms with Crippen LogP contribution in [0.15, 0.2) is 79.1 Å². The van der Waals surface area contributed by atoms with E-state index in [9.17, 15) is 0 Å². The second-order valence-electron chi connectivity index (χ2n) is 7.42. The highest BCUT2D eigenvalue weighted by molar-refractivity contribution is 5.98. The molecule has 0 bridgehead atoms. The van der Waals surface area contributed by atoms with Crippen molar-refractivity contribution in [2.45, 2.75) is 6.42 Å². The minimum atomic E-state index is 1.02. The van der Waals surface area contributed by atoms with Crippen molar-refractivity contribution in [3.63, 3.8) is 0 Å². The van der Waals surface area contributed by atoms with Gasteiger partial charge in [-0.3, -0.25) is 4.98 Å². The molecule has 0 aliphatic carbocycles. The SMILES string of the molecule is c1cc2ccc(-c3ccc4[nH]ccc4c3)cc2c(-c2ccc3c(c2)CCN3)n1. The Bertz CT molecular complexity index is 1350. The number of aromatic nitrogens is 2. The van der Waals surface area contributed by atoms with E-state index in [1.165, 1.54) is 49.6 Å². The predicted molar refractivity (Wildman–Crippen MR) is 117 cm³/mol. The molecule has 0 amide bonds. The predicted octanol–water partition coefficient (Wildman–Crippen LogP) is 6.02. The molecule has 0 unspecified atom stereocenters. The van der Waals surface area contributed by atoms with Crippen molar-refractivity contribution < 1.29 is 0 Å². The summed E-state index contributed by atoms with van der Waals surface area (Å²) in [5.74, 6) is 0. The number of rotatable bonds is 2. The fraction of sp³-hybridized carbons (Fsp3) is 0.0800. The van der Waals surface area contributed by atoms with Gasteiger partial charge in [-0.2, -0.15) is 0 Å². The average molecular weight is 361 g/mol. The molecule has 6 rings (SSSR count). The van der Waals surface area contributed by atoms with E-state index in [0.29, 0.717) is 0 Å². The average Bonchev–Trinajstić information content (AvgIpc) is 3.41. The van der Waals surface area contributed by atoms with Crippen molar-refractivity contribution in [1.29, 1.82) is 0 Å². The maximum absolute atomic E-state index is 4.75. The van der Waals surface area contributed by atoms with Crippen LogP contribution in [-0.2, 0) is 6.42 Å². The summed E-state index contributed by atoms with van der Waals surface area (Å²) >= 11 is 0. The fourth-order valence-corrected chi connectivity index (χ4v) is 4.26. The number of pyridine rings is 1. The molecule has 0 saturated carbocycles. The number of benzene rings is 3. The number of fused-ring (bicyclic) bond motifs is 3. The molecule has 134 valence electrons. The largest absolute Gasteiger partial charge is 0.384 e. The summed E-state index contributed by atoms with van der Waals surface area (Å²) in [6.07, 6.45) is 4.98. The standard InChI is InChI=1S/C25H19N3/c1-2-18(17-3-5-23-19(13-17)8-10-26-23)15-22-16(1)7-12-28-25(22)21-4-6-24-20(14-21)9-11-27-24/h1-8,10,12-15,26-27H,9,11H2. The Morgan fingerprint density at radius 2 is 1.64 bits per heavy atom. The second kappa shape index (κ2) is 5.96. The van der Waals surface area contributed by atoms with E-state index in [2.05, 4.69) is 77.0 Å². The van der Waals surface area contributed by atoms with Gasteiger partial charge < -0.3 is 10.3 Å². The number of H-pyrrole nitrogens is 1. The van der Waals surface area contributed by atoms with E-state index in [1.54, 1.807) is 0 Å². The van der Waals surface area contributed by atoms with Crippen LogP contribution >= 0.6 is 0 Å². The van der Waals surface area contributed by atoms with E-state index >= 15 is 0 Å². The maximum atomic E-state index is 4.75. The minimum Gasteiger partial charge on any atom is -0.384 e. The monoisotopic (exact) mass is 361 g/mol. The lowest BCUT2D eigenvalue weighted by Gasteiger charge is -2.10. The fourth-order valence-electron chi connectivity index (χ4n) is 4.26. The van der Waals surface area contributed by atoms with E-state index in [4.69, 9.17) is 4.98 Å². The van der Waals surface area contributed by atoms with Gasteiger partial charge >= 0.3 is 0 Å². The van der Waals surface area contributed by atoms with Gasteiger partial charge in [0.05, 0.1) is 5.69 Å². The van der Waals surface area contributed by atoms with Crippen molar-refractivity contribution in [2.24, 2.45) is 0 Å². The molecule has 1 aliphatic rings. The van der Waals surface area contributed by atoms with Crippen LogP contribution in [0.25, 0.3) is 44.1 Å². The third-order valence-corrected chi connectivity index (χ3v) is 5.74. The van der Waals surface area contributed by atoms with Gasteiger partial charge in [-0.15, -0.1) is 0 Å². The third-order valence-electron chi connectivity index (χ3n) is 5.74. The van der Waals surface area contributed by atoms with Gasteiger partial charge in [0.15, 0.2) is 0 Å². The highest BCUT2D eigenvalue weighted by Gasteiger charge is 2.13. The van der Waals surface area contributed by atoms with Crippen LogP contribution < -0.4 is 5.32 Å². The summed E-state index contributed by atoms with van der Waals surface area (Å²) in [6.45, 7) is 1.02. The summed E-state index contributed by atoms with van der Waals surface area (Å²) in [4.78, 5) is 8.02. The lowest BCUT2D eigenvalue weighted by atomic mass is 9.97. The molecule has 1 aliphatic heterocycles. The Morgan fingerprint density at radius 3 is 2.64 bits per heavy atom.